The summed E-state index contributed by atoms with van der Waals surface area (Å²) >= 11 is 0. The van der Waals surface area contributed by atoms with E-state index >= 15 is 0 Å². The molecule has 196 valence electrons. The van der Waals surface area contributed by atoms with Crippen LogP contribution in [0.15, 0.2) is 71.9 Å². The van der Waals surface area contributed by atoms with Crippen LogP contribution in [-0.4, -0.2) is 45.5 Å². The largest absolute Gasteiger partial charge is 0.416 e. The van der Waals surface area contributed by atoms with Gasteiger partial charge >= 0.3 is 6.18 Å². The lowest BCUT2D eigenvalue weighted by molar-refractivity contribution is -0.137. The van der Waals surface area contributed by atoms with Gasteiger partial charge in [-0.15, -0.1) is 0 Å². The lowest BCUT2D eigenvalue weighted by atomic mass is 10.0. The minimum absolute atomic E-state index is 0.00305. The van der Waals surface area contributed by atoms with Gasteiger partial charge in [-0.3, -0.25) is 14.5 Å². The summed E-state index contributed by atoms with van der Waals surface area (Å²) in [7, 11) is -4.20. The third kappa shape index (κ3) is 7.07. The second-order valence-electron chi connectivity index (χ2n) is 8.66. The van der Waals surface area contributed by atoms with Gasteiger partial charge in [0, 0.05) is 38.3 Å². The van der Waals surface area contributed by atoms with E-state index in [0.29, 0.717) is 50.4 Å². The van der Waals surface area contributed by atoms with E-state index in [-0.39, 0.29) is 22.8 Å². The van der Waals surface area contributed by atoms with Crippen LogP contribution in [-0.2, 0) is 38.6 Å². The molecule has 3 aromatic rings. The highest BCUT2D eigenvalue weighted by Crippen LogP contribution is 2.36. The van der Waals surface area contributed by atoms with Gasteiger partial charge in [0.15, 0.2) is 0 Å². The molecule has 1 aliphatic rings. The number of hydrogen-bond donors (Lipinski definition) is 1. The normalized spacial score (nSPS) is 14.4. The van der Waals surface area contributed by atoms with Crippen molar-refractivity contribution in [1.82, 2.24) is 4.98 Å². The number of sulfonamides is 1. The number of carbonyl (C=O) groups excluding carboxylic acids is 1. The van der Waals surface area contributed by atoms with Crippen LogP contribution in [0.3, 0.4) is 0 Å². The zero-order valence-corrected chi connectivity index (χ0v) is 20.7. The van der Waals surface area contributed by atoms with Crippen molar-refractivity contribution in [3.63, 3.8) is 0 Å². The van der Waals surface area contributed by atoms with Crippen LogP contribution in [0.1, 0.15) is 23.1 Å². The first kappa shape index (κ1) is 26.6. The van der Waals surface area contributed by atoms with Crippen LogP contribution < -0.4 is 9.62 Å². The number of morpholine rings is 1. The van der Waals surface area contributed by atoms with Gasteiger partial charge in [-0.1, -0.05) is 18.2 Å². The lowest BCUT2D eigenvalue weighted by Gasteiger charge is -2.31. The number of halogens is 3. The Balaban J connectivity index is 1.48. The van der Waals surface area contributed by atoms with Crippen molar-refractivity contribution in [2.24, 2.45) is 0 Å². The number of Topliss-reactive ketones (excluding diaryl/α,β-unsaturated/α-hetero) is 1. The molecule has 1 fully saturated rings. The molecule has 2 aromatic carbocycles. The molecule has 0 saturated carbocycles. The molecule has 1 saturated heterocycles. The molecule has 0 bridgehead atoms. The molecule has 2 heterocycles. The van der Waals surface area contributed by atoms with Crippen molar-refractivity contribution in [3.05, 3.63) is 83.7 Å². The number of pyridine rings is 1. The number of carbonyl (C=O) groups is 1. The molecule has 0 atom stereocenters. The maximum atomic E-state index is 13.4. The van der Waals surface area contributed by atoms with E-state index < -0.39 is 21.8 Å². The number of aromatic nitrogens is 1. The topological polar surface area (TPSA) is 88.6 Å². The number of nitrogens with one attached hydrogen (secondary N) is 1. The quantitative estimate of drug-likeness (QED) is 0.436. The molecule has 0 unspecified atom stereocenters. The predicted molar refractivity (Wildman–Crippen MR) is 133 cm³/mol. The van der Waals surface area contributed by atoms with Gasteiger partial charge in [0.25, 0.3) is 10.0 Å². The first-order valence-corrected chi connectivity index (χ1v) is 13.2. The molecule has 1 aromatic heterocycles. The zero-order chi connectivity index (χ0) is 26.5. The van der Waals surface area contributed by atoms with Gasteiger partial charge < -0.3 is 9.64 Å². The van der Waals surface area contributed by atoms with Crippen LogP contribution >= 0.6 is 0 Å². The Morgan fingerprint density at radius 2 is 1.76 bits per heavy atom. The number of anilines is 2. The highest BCUT2D eigenvalue weighted by molar-refractivity contribution is 7.92. The Morgan fingerprint density at radius 1 is 1.03 bits per heavy atom. The van der Waals surface area contributed by atoms with Crippen LogP contribution in [0.25, 0.3) is 0 Å². The van der Waals surface area contributed by atoms with Crippen LogP contribution in [0.2, 0.25) is 0 Å². The van der Waals surface area contributed by atoms with Gasteiger partial charge in [-0.25, -0.2) is 8.42 Å². The monoisotopic (exact) mass is 533 g/mol. The minimum Gasteiger partial charge on any atom is -0.378 e. The van der Waals surface area contributed by atoms with E-state index in [9.17, 15) is 26.4 Å². The van der Waals surface area contributed by atoms with Crippen molar-refractivity contribution >= 4 is 27.2 Å². The van der Waals surface area contributed by atoms with Crippen LogP contribution in [0.5, 0.6) is 0 Å². The fraction of sp³-hybridized carbons (Fsp3) is 0.308. The molecule has 11 heteroatoms. The summed E-state index contributed by atoms with van der Waals surface area (Å²) in [5.74, 6) is -0.00305. The number of alkyl halides is 3. The number of hydrogen-bond acceptors (Lipinski definition) is 6. The van der Waals surface area contributed by atoms with E-state index in [4.69, 9.17) is 4.74 Å². The summed E-state index contributed by atoms with van der Waals surface area (Å²) in [6.45, 7) is 1.61. The molecular weight excluding hydrogens is 507 g/mol. The number of ketones is 1. The van der Waals surface area contributed by atoms with E-state index in [2.05, 4.69) is 9.71 Å². The number of aryl methyl sites for hydroxylation is 1. The Morgan fingerprint density at radius 3 is 2.41 bits per heavy atom. The summed E-state index contributed by atoms with van der Waals surface area (Å²) in [6.07, 6.45) is -0.239. The summed E-state index contributed by atoms with van der Waals surface area (Å²) in [5.41, 5.74) is 0.821. The van der Waals surface area contributed by atoms with E-state index in [0.717, 1.165) is 17.7 Å². The second-order valence-corrected chi connectivity index (χ2v) is 10.3. The van der Waals surface area contributed by atoms with Crippen molar-refractivity contribution < 1.29 is 31.1 Å². The highest BCUT2D eigenvalue weighted by Gasteiger charge is 2.32. The standard InChI is InChI=1S/C26H26F3N3O4S/c27-26(28,29)21-6-10-25(32-12-14-36-15-13-32)24(17-21)31-37(34,35)23-8-4-19(5-9-23)16-22(33)7-3-20-2-1-11-30-18-20/h1-2,4-6,8-11,17-18,31H,3,7,12-16H2. The predicted octanol–water partition coefficient (Wildman–Crippen LogP) is 4.48. The first-order chi connectivity index (χ1) is 17.6. The smallest absolute Gasteiger partial charge is 0.378 e. The molecule has 37 heavy (non-hydrogen) atoms. The average molecular weight is 534 g/mol. The highest BCUT2D eigenvalue weighted by atomic mass is 32.2. The molecule has 0 aliphatic carbocycles. The Bertz CT molecular complexity index is 1330. The number of benzene rings is 2. The van der Waals surface area contributed by atoms with Crippen molar-refractivity contribution in [2.75, 3.05) is 35.9 Å². The second kappa shape index (κ2) is 11.3. The molecule has 0 spiro atoms. The summed E-state index contributed by atoms with van der Waals surface area (Å²) in [4.78, 5) is 18.0. The molecule has 0 radical (unpaired) electrons. The Hall–Kier alpha value is -3.44. The summed E-state index contributed by atoms with van der Waals surface area (Å²) in [6, 6.07) is 12.4. The number of rotatable bonds is 9. The Labute approximate surface area is 213 Å². The van der Waals surface area contributed by atoms with Gasteiger partial charge in [-0.2, -0.15) is 13.2 Å². The van der Waals surface area contributed by atoms with Crippen LogP contribution in [0, 0.1) is 0 Å². The van der Waals surface area contributed by atoms with Gasteiger partial charge in [0.2, 0.25) is 0 Å². The molecular formula is C26H26F3N3O4S. The fourth-order valence-corrected chi connectivity index (χ4v) is 5.08. The number of ether oxygens (including phenoxy) is 1. The maximum absolute atomic E-state index is 13.4. The first-order valence-electron chi connectivity index (χ1n) is 11.7. The maximum Gasteiger partial charge on any atom is 0.416 e. The van der Waals surface area contributed by atoms with Crippen molar-refractivity contribution in [3.8, 4) is 0 Å². The SMILES string of the molecule is O=C(CCc1cccnc1)Cc1ccc(S(=O)(=O)Nc2cc(C(F)(F)F)ccc2N2CCOCC2)cc1. The van der Waals surface area contributed by atoms with Gasteiger partial charge in [0.1, 0.15) is 5.78 Å². The minimum atomic E-state index is -4.63. The third-order valence-corrected chi connectivity index (χ3v) is 7.35. The van der Waals surface area contributed by atoms with Gasteiger partial charge in [-0.05, 0) is 53.9 Å². The van der Waals surface area contributed by atoms with Gasteiger partial charge in [0.05, 0.1) is 35.0 Å². The van der Waals surface area contributed by atoms with E-state index in [1.54, 1.807) is 23.4 Å². The molecule has 0 amide bonds. The molecule has 7 nitrogen and oxygen atoms in total. The van der Waals surface area contributed by atoms with Crippen LogP contribution in [0.4, 0.5) is 24.5 Å². The fourth-order valence-electron chi connectivity index (χ4n) is 4.01. The molecule has 1 N–H and O–H groups in total. The van der Waals surface area contributed by atoms with Crippen molar-refractivity contribution in [1.29, 1.82) is 0 Å². The summed E-state index contributed by atoms with van der Waals surface area (Å²) < 4.78 is 73.9. The number of nitrogens with zero attached hydrogens (tertiary/aromatic N) is 2. The Kier molecular flexibility index (Phi) is 8.13. The molecule has 4 rings (SSSR count). The van der Waals surface area contributed by atoms with Crippen molar-refractivity contribution in [2.45, 2.75) is 30.3 Å². The average Bonchev–Trinajstić information content (AvgIpc) is 2.88. The van der Waals surface area contributed by atoms with E-state index in [1.807, 2.05) is 6.07 Å². The summed E-state index contributed by atoms with van der Waals surface area (Å²) in [5, 5.41) is 0. The third-order valence-electron chi connectivity index (χ3n) is 5.97. The molecule has 1 aliphatic heterocycles. The van der Waals surface area contributed by atoms with E-state index in [1.165, 1.54) is 30.3 Å². The zero-order valence-electron chi connectivity index (χ0n) is 19.9. The lowest BCUT2D eigenvalue weighted by Crippen LogP contribution is -2.36.